The summed E-state index contributed by atoms with van der Waals surface area (Å²) in [6.45, 7) is 0. The molecule has 0 saturated heterocycles. The number of hydrogen-bond donors (Lipinski definition) is 0. The SMILES string of the molecule is c1ccc(N(c2ccccc2)c2cc3oc4ccccc4n4c5cc6c(cc5oc(c2)c34)n(-c2ccccc2)c2cc(N(c3ccccc3)c3ccccc3)cc3c2n6c2ccccc2n3-c2ccccc2)cc1. The van der Waals surface area contributed by atoms with Gasteiger partial charge in [-0.2, -0.15) is 0 Å². The monoisotopic (exact) mass is 952 g/mol. The number of benzene rings is 11. The zero-order valence-electron chi connectivity index (χ0n) is 39.9. The Morgan fingerprint density at radius 3 is 1.14 bits per heavy atom. The average molecular weight is 953 g/mol. The molecule has 0 bridgehead atoms. The van der Waals surface area contributed by atoms with Gasteiger partial charge in [-0.05, 0) is 115 Å². The highest BCUT2D eigenvalue weighted by Crippen LogP contribution is 2.45. The highest BCUT2D eigenvalue weighted by Gasteiger charge is 2.26. The zero-order valence-corrected chi connectivity index (χ0v) is 39.9. The Hall–Kier alpha value is -10.2. The van der Waals surface area contributed by atoms with Crippen LogP contribution in [0.3, 0.4) is 0 Å². The summed E-state index contributed by atoms with van der Waals surface area (Å²) < 4.78 is 23.9. The molecular weight excluding hydrogens is 909 g/mol. The zero-order chi connectivity index (χ0) is 48.7. The number of fused-ring (bicyclic) bond motifs is 8. The van der Waals surface area contributed by atoms with Crippen molar-refractivity contribution in [3.63, 3.8) is 0 Å². The highest BCUT2D eigenvalue weighted by atomic mass is 16.3. The van der Waals surface area contributed by atoms with Crippen LogP contribution in [-0.2, 0) is 0 Å². The molecule has 15 aromatic rings. The van der Waals surface area contributed by atoms with Gasteiger partial charge in [-0.25, -0.2) is 0 Å². The minimum absolute atomic E-state index is 0.687. The molecule has 0 radical (unpaired) electrons. The van der Waals surface area contributed by atoms with Gasteiger partial charge in [0.25, 0.3) is 0 Å². The van der Waals surface area contributed by atoms with Crippen molar-refractivity contribution in [2.45, 2.75) is 0 Å². The molecular formula is C66H44N6O2. The Morgan fingerprint density at radius 2 is 0.622 bits per heavy atom. The smallest absolute Gasteiger partial charge is 0.157 e. The number of hydrogen-bond acceptors (Lipinski definition) is 4. The minimum Gasteiger partial charge on any atom is -0.453 e. The normalized spacial score (nSPS) is 11.8. The molecule has 11 aromatic carbocycles. The molecule has 0 fully saturated rings. The summed E-state index contributed by atoms with van der Waals surface area (Å²) in [5.74, 6) is 0. The molecule has 0 unspecified atom stereocenters. The first-order valence-electron chi connectivity index (χ1n) is 24.9. The Kier molecular flexibility index (Phi) is 9.40. The van der Waals surface area contributed by atoms with E-state index < -0.39 is 0 Å². The van der Waals surface area contributed by atoms with E-state index in [1.165, 1.54) is 0 Å². The van der Waals surface area contributed by atoms with E-state index in [1.54, 1.807) is 0 Å². The largest absolute Gasteiger partial charge is 0.453 e. The lowest BCUT2D eigenvalue weighted by atomic mass is 10.1. The van der Waals surface area contributed by atoms with Crippen molar-refractivity contribution >= 4 is 112 Å². The molecule has 8 heteroatoms. The summed E-state index contributed by atoms with van der Waals surface area (Å²) in [5, 5.41) is 0. The second-order valence-corrected chi connectivity index (χ2v) is 18.6. The van der Waals surface area contributed by atoms with Gasteiger partial charge in [-0.3, -0.25) is 4.40 Å². The van der Waals surface area contributed by atoms with E-state index in [0.717, 1.165) is 106 Å². The maximum absolute atomic E-state index is 7.36. The molecule has 4 heterocycles. The van der Waals surface area contributed by atoms with Crippen LogP contribution in [0.1, 0.15) is 0 Å². The number of nitrogens with zero attached hydrogens (tertiary/aromatic N) is 6. The molecule has 0 aliphatic rings. The average Bonchev–Trinajstić information content (AvgIpc) is 3.52. The van der Waals surface area contributed by atoms with Crippen LogP contribution in [0.15, 0.2) is 276 Å². The van der Waals surface area contributed by atoms with Gasteiger partial charge in [0.15, 0.2) is 22.3 Å². The van der Waals surface area contributed by atoms with Gasteiger partial charge in [0.1, 0.15) is 5.52 Å². The fraction of sp³-hybridized carbons (Fsp3) is 0. The molecule has 15 rings (SSSR count). The van der Waals surface area contributed by atoms with Crippen LogP contribution in [0.4, 0.5) is 34.1 Å². The number of para-hydroxylation sites is 10. The number of aromatic nitrogens is 4. The summed E-state index contributed by atoms with van der Waals surface area (Å²) in [5.41, 5.74) is 20.9. The van der Waals surface area contributed by atoms with Crippen molar-refractivity contribution in [3.8, 4) is 11.4 Å². The second-order valence-electron chi connectivity index (χ2n) is 18.6. The summed E-state index contributed by atoms with van der Waals surface area (Å²) in [7, 11) is 0. The van der Waals surface area contributed by atoms with E-state index >= 15 is 0 Å². The van der Waals surface area contributed by atoms with E-state index in [9.17, 15) is 0 Å². The molecule has 8 nitrogen and oxygen atoms in total. The van der Waals surface area contributed by atoms with E-state index in [0.29, 0.717) is 16.7 Å². The molecule has 0 aliphatic carbocycles. The first kappa shape index (κ1) is 41.6. The standard InChI is InChI=1S/C66H44N6O2/c1-7-23-45(24-8-1)67(46-25-9-2-10-26-46)51-39-59-65-60(40-51)70(50-33-17-6-18-34-50)57-44-62-58(43-56(57)71(65)54-36-20-19-35-53(54)69(59)49-31-15-5-16-32-49)72-55-37-21-22-38-61(55)73-63-41-52(42-64(74-62)66(63)72)68(47-27-11-3-12-28-47)48-29-13-4-14-30-48/h1-44H. The Balaban J connectivity index is 1.14. The highest BCUT2D eigenvalue weighted by molar-refractivity contribution is 6.10. The Labute approximate surface area is 424 Å². The van der Waals surface area contributed by atoms with E-state index in [2.05, 4.69) is 276 Å². The van der Waals surface area contributed by atoms with Gasteiger partial charge < -0.3 is 32.2 Å². The fourth-order valence-electron chi connectivity index (χ4n) is 11.2. The minimum atomic E-state index is 0.687. The van der Waals surface area contributed by atoms with Crippen LogP contribution in [0.25, 0.3) is 88.9 Å². The number of anilines is 6. The first-order chi connectivity index (χ1) is 36.7. The van der Waals surface area contributed by atoms with E-state index in [4.69, 9.17) is 8.83 Å². The second kappa shape index (κ2) is 16.7. The van der Waals surface area contributed by atoms with Crippen LogP contribution in [0.5, 0.6) is 0 Å². The molecule has 0 aliphatic heterocycles. The van der Waals surface area contributed by atoms with E-state index in [-0.39, 0.29) is 0 Å². The molecule has 0 N–H and O–H groups in total. The molecule has 0 spiro atoms. The lowest BCUT2D eigenvalue weighted by Gasteiger charge is -2.29. The lowest BCUT2D eigenvalue weighted by Crippen LogP contribution is -2.14. The Morgan fingerprint density at radius 1 is 0.230 bits per heavy atom. The van der Waals surface area contributed by atoms with Crippen molar-refractivity contribution in [3.05, 3.63) is 267 Å². The fourth-order valence-corrected chi connectivity index (χ4v) is 11.2. The van der Waals surface area contributed by atoms with Crippen molar-refractivity contribution in [2.75, 3.05) is 9.80 Å². The van der Waals surface area contributed by atoms with Crippen LogP contribution in [-0.4, -0.2) is 17.9 Å². The van der Waals surface area contributed by atoms with Crippen LogP contribution in [0.2, 0.25) is 0 Å². The lowest BCUT2D eigenvalue weighted by molar-refractivity contribution is 0.637. The van der Waals surface area contributed by atoms with Gasteiger partial charge in [0, 0.05) is 52.3 Å². The van der Waals surface area contributed by atoms with Crippen LogP contribution in [0, 0.1) is 0 Å². The quantitative estimate of drug-likeness (QED) is 0.112. The van der Waals surface area contributed by atoms with Gasteiger partial charge in [0.05, 0.1) is 61.0 Å². The van der Waals surface area contributed by atoms with Crippen molar-refractivity contribution in [1.82, 2.24) is 17.9 Å². The third kappa shape index (κ3) is 6.48. The molecule has 74 heavy (non-hydrogen) atoms. The van der Waals surface area contributed by atoms with Gasteiger partial charge in [-0.1, -0.05) is 133 Å². The van der Waals surface area contributed by atoms with E-state index in [1.807, 2.05) is 18.2 Å². The maximum atomic E-state index is 7.36. The predicted octanol–water partition coefficient (Wildman–Crippen LogP) is 17.9. The summed E-state index contributed by atoms with van der Waals surface area (Å²) >= 11 is 0. The summed E-state index contributed by atoms with van der Waals surface area (Å²) in [6, 6.07) is 94.3. The first-order valence-corrected chi connectivity index (χ1v) is 24.9. The predicted molar refractivity (Wildman–Crippen MR) is 304 cm³/mol. The van der Waals surface area contributed by atoms with Crippen molar-refractivity contribution in [2.24, 2.45) is 0 Å². The van der Waals surface area contributed by atoms with Gasteiger partial charge in [-0.15, -0.1) is 0 Å². The summed E-state index contributed by atoms with van der Waals surface area (Å²) in [6.07, 6.45) is 0. The summed E-state index contributed by atoms with van der Waals surface area (Å²) in [4.78, 5) is 4.61. The maximum Gasteiger partial charge on any atom is 0.157 e. The number of rotatable bonds is 8. The van der Waals surface area contributed by atoms with Crippen LogP contribution < -0.4 is 9.80 Å². The molecule has 0 atom stereocenters. The molecule has 4 aromatic heterocycles. The third-order valence-electron chi connectivity index (χ3n) is 14.3. The molecule has 350 valence electrons. The van der Waals surface area contributed by atoms with Crippen LogP contribution >= 0.6 is 0 Å². The molecule has 0 amide bonds. The van der Waals surface area contributed by atoms with Crippen molar-refractivity contribution < 1.29 is 8.83 Å². The topological polar surface area (TPSA) is 51.4 Å². The Bertz CT molecular complexity index is 4570. The molecule has 0 saturated carbocycles. The third-order valence-corrected chi connectivity index (χ3v) is 14.3. The van der Waals surface area contributed by atoms with Gasteiger partial charge >= 0.3 is 0 Å². The van der Waals surface area contributed by atoms with Crippen molar-refractivity contribution in [1.29, 1.82) is 0 Å². The van der Waals surface area contributed by atoms with Gasteiger partial charge in [0.2, 0.25) is 0 Å².